The minimum absolute atomic E-state index is 0.303. The van der Waals surface area contributed by atoms with Crippen LogP contribution in [-0.2, 0) is 0 Å². The summed E-state index contributed by atoms with van der Waals surface area (Å²) >= 11 is 0. The third-order valence-corrected chi connectivity index (χ3v) is 9.43. The molecule has 0 aromatic carbocycles. The first kappa shape index (κ1) is 24.7. The highest BCUT2D eigenvalue weighted by atomic mass is 14.9. The van der Waals surface area contributed by atoms with Crippen LogP contribution in [0.3, 0.4) is 0 Å². The van der Waals surface area contributed by atoms with Crippen LogP contribution in [0.2, 0.25) is 0 Å². The van der Waals surface area contributed by atoms with Crippen molar-refractivity contribution in [1.82, 2.24) is 5.32 Å². The third-order valence-electron chi connectivity index (χ3n) is 9.43. The molecular formula is C26H51N. The lowest BCUT2D eigenvalue weighted by Gasteiger charge is -2.44. The van der Waals surface area contributed by atoms with Crippen LogP contribution in [0.25, 0.3) is 0 Å². The van der Waals surface area contributed by atoms with Gasteiger partial charge in [-0.15, -0.1) is 0 Å². The van der Waals surface area contributed by atoms with E-state index in [1.807, 2.05) is 0 Å². The molecule has 1 heteroatoms. The van der Waals surface area contributed by atoms with Crippen molar-refractivity contribution >= 4 is 0 Å². The molecule has 160 valence electrons. The summed E-state index contributed by atoms with van der Waals surface area (Å²) in [7, 11) is 2.10. The Bertz CT molecular complexity index is 463. The van der Waals surface area contributed by atoms with Gasteiger partial charge in [-0.1, -0.05) is 87.3 Å². The maximum Gasteiger partial charge on any atom is 0.0102 e. The summed E-state index contributed by atoms with van der Waals surface area (Å²) in [5, 5.41) is 3.45. The Kier molecular flexibility index (Phi) is 9.59. The van der Waals surface area contributed by atoms with E-state index in [9.17, 15) is 0 Å². The van der Waals surface area contributed by atoms with Gasteiger partial charge in [0.1, 0.15) is 0 Å². The van der Waals surface area contributed by atoms with Crippen molar-refractivity contribution < 1.29 is 0 Å². The molecule has 0 aromatic heterocycles. The molecule has 0 heterocycles. The zero-order chi connectivity index (χ0) is 20.9. The second kappa shape index (κ2) is 10.5. The predicted octanol–water partition coefficient (Wildman–Crippen LogP) is 7.57. The lowest BCUT2D eigenvalue weighted by Crippen LogP contribution is -2.37. The normalized spacial score (nSPS) is 26.5. The fourth-order valence-corrected chi connectivity index (χ4v) is 5.41. The zero-order valence-electron chi connectivity index (χ0n) is 20.5. The van der Waals surface area contributed by atoms with Gasteiger partial charge < -0.3 is 5.32 Å². The number of hydrogen-bond acceptors (Lipinski definition) is 1. The average molecular weight is 378 g/mol. The highest BCUT2D eigenvalue weighted by Crippen LogP contribution is 2.47. The van der Waals surface area contributed by atoms with Crippen LogP contribution >= 0.6 is 0 Å². The van der Waals surface area contributed by atoms with E-state index in [1.165, 1.54) is 25.7 Å². The van der Waals surface area contributed by atoms with Crippen molar-refractivity contribution in [2.24, 2.45) is 46.8 Å². The van der Waals surface area contributed by atoms with Gasteiger partial charge in [0.05, 0.1) is 0 Å². The Labute approximate surface area is 172 Å². The maximum atomic E-state index is 3.45. The van der Waals surface area contributed by atoms with E-state index < -0.39 is 0 Å². The molecule has 0 bridgehead atoms. The van der Waals surface area contributed by atoms with Crippen LogP contribution in [0.4, 0.5) is 0 Å². The Morgan fingerprint density at radius 1 is 0.926 bits per heavy atom. The van der Waals surface area contributed by atoms with Gasteiger partial charge in [-0.05, 0) is 73.2 Å². The van der Waals surface area contributed by atoms with Crippen molar-refractivity contribution in [3.63, 3.8) is 0 Å². The van der Waals surface area contributed by atoms with Gasteiger partial charge in [-0.3, -0.25) is 0 Å². The molecule has 0 amide bonds. The molecule has 0 saturated carbocycles. The van der Waals surface area contributed by atoms with Crippen LogP contribution < -0.4 is 5.32 Å². The third kappa shape index (κ3) is 5.84. The Hall–Kier alpha value is -0.300. The molecule has 0 fully saturated rings. The van der Waals surface area contributed by atoms with E-state index in [0.717, 1.165) is 35.5 Å². The van der Waals surface area contributed by atoms with E-state index in [0.29, 0.717) is 17.4 Å². The van der Waals surface area contributed by atoms with Crippen molar-refractivity contribution in [1.29, 1.82) is 0 Å². The lowest BCUT2D eigenvalue weighted by atomic mass is 9.61. The SMILES string of the molecule is CCC(C)C(C)C(C)C(C)C(C)C(C)C(C)C(C)(C)C1=CCC(NC)CC1. The summed E-state index contributed by atoms with van der Waals surface area (Å²) in [4.78, 5) is 0. The first-order chi connectivity index (χ1) is 12.5. The van der Waals surface area contributed by atoms with Gasteiger partial charge in [0, 0.05) is 6.04 Å². The minimum atomic E-state index is 0.303. The number of nitrogens with one attached hydrogen (secondary N) is 1. The molecule has 1 aliphatic rings. The van der Waals surface area contributed by atoms with Gasteiger partial charge in [-0.25, -0.2) is 0 Å². The molecule has 0 aromatic rings. The number of hydrogen-bond donors (Lipinski definition) is 1. The van der Waals surface area contributed by atoms with E-state index in [4.69, 9.17) is 0 Å². The zero-order valence-corrected chi connectivity index (χ0v) is 20.5. The monoisotopic (exact) mass is 377 g/mol. The van der Waals surface area contributed by atoms with Crippen molar-refractivity contribution in [2.45, 2.75) is 101 Å². The van der Waals surface area contributed by atoms with Gasteiger partial charge in [-0.2, -0.15) is 0 Å². The average Bonchev–Trinajstić information content (AvgIpc) is 2.69. The highest BCUT2D eigenvalue weighted by molar-refractivity contribution is 5.17. The fourth-order valence-electron chi connectivity index (χ4n) is 5.41. The van der Waals surface area contributed by atoms with Gasteiger partial charge in [0.2, 0.25) is 0 Å². The van der Waals surface area contributed by atoms with Crippen molar-refractivity contribution in [3.8, 4) is 0 Å². The second-order valence-electron chi connectivity index (χ2n) is 10.7. The maximum absolute atomic E-state index is 3.45. The molecule has 0 spiro atoms. The summed E-state index contributed by atoms with van der Waals surface area (Å²) in [6, 6.07) is 0.680. The molecule has 8 atom stereocenters. The molecule has 27 heavy (non-hydrogen) atoms. The van der Waals surface area contributed by atoms with E-state index >= 15 is 0 Å². The summed E-state index contributed by atoms with van der Waals surface area (Å²) in [6.45, 7) is 24.8. The standard InChI is InChI=1S/C26H51N/c1-12-17(2)18(3)19(4)20(5)21(6)22(7)23(8)26(9,10)24-13-15-25(27-11)16-14-24/h13,17-23,25,27H,12,14-16H2,1-11H3. The molecule has 0 aliphatic heterocycles. The quantitative estimate of drug-likeness (QED) is 0.387. The summed E-state index contributed by atoms with van der Waals surface area (Å²) < 4.78 is 0. The van der Waals surface area contributed by atoms with Crippen LogP contribution in [0, 0.1) is 46.8 Å². The molecule has 1 N–H and O–H groups in total. The molecule has 8 unspecified atom stereocenters. The summed E-state index contributed by atoms with van der Waals surface area (Å²) in [5.41, 5.74) is 2.01. The van der Waals surface area contributed by atoms with Gasteiger partial charge in [0.25, 0.3) is 0 Å². The van der Waals surface area contributed by atoms with Gasteiger partial charge >= 0.3 is 0 Å². The molecular weight excluding hydrogens is 326 g/mol. The predicted molar refractivity (Wildman–Crippen MR) is 123 cm³/mol. The Morgan fingerprint density at radius 2 is 1.44 bits per heavy atom. The number of allylic oxidation sites excluding steroid dienone is 1. The minimum Gasteiger partial charge on any atom is -0.317 e. The van der Waals surface area contributed by atoms with Crippen LogP contribution in [0.1, 0.15) is 94.9 Å². The Morgan fingerprint density at radius 3 is 1.89 bits per heavy atom. The first-order valence-electron chi connectivity index (χ1n) is 11.9. The van der Waals surface area contributed by atoms with E-state index in [-0.39, 0.29) is 0 Å². The second-order valence-corrected chi connectivity index (χ2v) is 10.7. The largest absolute Gasteiger partial charge is 0.317 e. The summed E-state index contributed by atoms with van der Waals surface area (Å²) in [6.07, 6.45) is 7.61. The van der Waals surface area contributed by atoms with Gasteiger partial charge in [0.15, 0.2) is 0 Å². The molecule has 1 aliphatic carbocycles. The molecule has 1 rings (SSSR count). The van der Waals surface area contributed by atoms with Crippen molar-refractivity contribution in [2.75, 3.05) is 7.05 Å². The fraction of sp³-hybridized carbons (Fsp3) is 0.923. The smallest absolute Gasteiger partial charge is 0.0102 e. The Balaban J connectivity index is 2.83. The summed E-state index contributed by atoms with van der Waals surface area (Å²) in [5.74, 6) is 5.40. The van der Waals surface area contributed by atoms with Crippen LogP contribution in [0.15, 0.2) is 11.6 Å². The molecule has 0 radical (unpaired) electrons. The van der Waals surface area contributed by atoms with Crippen LogP contribution in [-0.4, -0.2) is 13.1 Å². The van der Waals surface area contributed by atoms with Crippen LogP contribution in [0.5, 0.6) is 0 Å². The molecule has 1 nitrogen and oxygen atoms in total. The van der Waals surface area contributed by atoms with Crippen molar-refractivity contribution in [3.05, 3.63) is 11.6 Å². The van der Waals surface area contributed by atoms with E-state index in [2.05, 4.69) is 87.7 Å². The molecule has 0 saturated heterocycles. The lowest BCUT2D eigenvalue weighted by molar-refractivity contribution is 0.0826. The van der Waals surface area contributed by atoms with E-state index in [1.54, 1.807) is 5.57 Å². The number of rotatable bonds is 10. The topological polar surface area (TPSA) is 12.0 Å². The highest BCUT2D eigenvalue weighted by Gasteiger charge is 2.38. The first-order valence-corrected chi connectivity index (χ1v) is 11.9.